The number of amides is 1. The Hall–Kier alpha value is -2.54. The maximum absolute atomic E-state index is 13.2. The van der Waals surface area contributed by atoms with Gasteiger partial charge in [-0.2, -0.15) is 4.72 Å². The summed E-state index contributed by atoms with van der Waals surface area (Å²) >= 11 is 0. The minimum Gasteiger partial charge on any atom is -0.394 e. The lowest BCUT2D eigenvalue weighted by Gasteiger charge is -2.44. The molecule has 1 aromatic rings. The molecule has 0 unspecified atom stereocenters. The molecule has 166 valence electrons. The Morgan fingerprint density at radius 3 is 2.67 bits per heavy atom. The van der Waals surface area contributed by atoms with Crippen molar-refractivity contribution in [3.63, 3.8) is 0 Å². The van der Waals surface area contributed by atoms with E-state index in [9.17, 15) is 23.1 Å². The van der Waals surface area contributed by atoms with Crippen LogP contribution in [-0.4, -0.2) is 80.0 Å². The summed E-state index contributed by atoms with van der Waals surface area (Å²) in [7, 11) is -4.26. The summed E-state index contributed by atoms with van der Waals surface area (Å²) < 4.78 is 35.3. The number of aliphatic imine (C=N–C) groups is 1. The van der Waals surface area contributed by atoms with Gasteiger partial charge in [-0.1, -0.05) is 18.2 Å². The monoisotopic (exact) mass is 441 g/mol. The van der Waals surface area contributed by atoms with E-state index in [-0.39, 0.29) is 29.9 Å². The third kappa shape index (κ3) is 6.23. The molecule has 0 bridgehead atoms. The van der Waals surface area contributed by atoms with Crippen LogP contribution < -0.4 is 16.2 Å². The largest absolute Gasteiger partial charge is 0.394 e. The van der Waals surface area contributed by atoms with Gasteiger partial charge in [0.2, 0.25) is 10.0 Å². The molecule has 1 aromatic carbocycles. The smallest absolute Gasteiger partial charge is 0.258 e. The third-order valence-electron chi connectivity index (χ3n) is 4.53. The summed E-state index contributed by atoms with van der Waals surface area (Å²) in [5, 5.41) is 12.6. The normalized spacial score (nSPS) is 16.6. The van der Waals surface area contributed by atoms with E-state index in [4.69, 9.17) is 12.8 Å². The number of aldehydes is 1. The van der Waals surface area contributed by atoms with Gasteiger partial charge in [0.1, 0.15) is 18.4 Å². The lowest BCUT2D eigenvalue weighted by molar-refractivity contribution is -0.169. The molecule has 1 aliphatic rings. The van der Waals surface area contributed by atoms with E-state index < -0.39 is 34.6 Å². The highest BCUT2D eigenvalue weighted by molar-refractivity contribution is 7.89. The first kappa shape index (κ1) is 22.2. The molecule has 12 heteroatoms. The third-order valence-corrected chi connectivity index (χ3v) is 5.96. The number of benzene rings is 1. The molecule has 2 atom stereocenters. The topological polar surface area (TPSA) is 171 Å². The number of hydrazine groups is 1. The fourth-order valence-electron chi connectivity index (χ4n) is 2.90. The number of carbonyl (C=O) groups is 2. The zero-order chi connectivity index (χ0) is 23.0. The van der Waals surface area contributed by atoms with Crippen molar-refractivity contribution in [2.75, 3.05) is 26.2 Å². The van der Waals surface area contributed by atoms with Crippen LogP contribution in [0.3, 0.4) is 0 Å². The molecule has 0 aromatic heterocycles. The van der Waals surface area contributed by atoms with E-state index in [1.165, 1.54) is 29.3 Å². The lowest BCUT2D eigenvalue weighted by atomic mass is 10.1. The van der Waals surface area contributed by atoms with E-state index in [0.717, 1.165) is 6.42 Å². The van der Waals surface area contributed by atoms with E-state index in [0.29, 0.717) is 25.8 Å². The second-order valence-corrected chi connectivity index (χ2v) is 8.41. The Morgan fingerprint density at radius 1 is 1.40 bits per heavy atom. The zero-order valence-electron chi connectivity index (χ0n) is 17.5. The zero-order valence-corrected chi connectivity index (χ0v) is 17.3. The van der Waals surface area contributed by atoms with E-state index in [1.807, 2.05) is 0 Å². The number of hydrogen-bond donors (Lipinski definition) is 4. The van der Waals surface area contributed by atoms with Crippen molar-refractivity contribution in [2.24, 2.45) is 16.5 Å². The van der Waals surface area contributed by atoms with Crippen molar-refractivity contribution in [1.29, 1.82) is 0 Å². The SMILES string of the molecule is [2H]c1ccccc1S(=O)(=O)N[C@@H](CO)C(=O)N([C@H](C=O)CCCN=C(N)N)N1CCC1. The molecule has 0 aliphatic carbocycles. The van der Waals surface area contributed by atoms with E-state index >= 15 is 0 Å². The highest BCUT2D eigenvalue weighted by atomic mass is 32.2. The van der Waals surface area contributed by atoms with Crippen molar-refractivity contribution < 1.29 is 24.5 Å². The van der Waals surface area contributed by atoms with Crippen LogP contribution in [0.25, 0.3) is 0 Å². The molecule has 2 rings (SSSR count). The summed E-state index contributed by atoms with van der Waals surface area (Å²) in [4.78, 5) is 28.4. The molecule has 1 fully saturated rings. The van der Waals surface area contributed by atoms with Crippen LogP contribution in [0.2, 0.25) is 0 Å². The van der Waals surface area contributed by atoms with Crippen LogP contribution in [0, 0.1) is 0 Å². The molecule has 30 heavy (non-hydrogen) atoms. The number of nitrogens with two attached hydrogens (primary N) is 2. The molecule has 1 saturated heterocycles. The first-order chi connectivity index (χ1) is 14.7. The van der Waals surface area contributed by atoms with Gasteiger partial charge < -0.3 is 21.4 Å². The van der Waals surface area contributed by atoms with Crippen LogP contribution in [0.15, 0.2) is 40.2 Å². The molecule has 0 radical (unpaired) electrons. The first-order valence-corrected chi connectivity index (χ1v) is 11.0. The minimum absolute atomic E-state index is 0.0808. The van der Waals surface area contributed by atoms with Gasteiger partial charge in [0.25, 0.3) is 5.91 Å². The fourth-order valence-corrected chi connectivity index (χ4v) is 4.06. The number of rotatable bonds is 12. The number of nitrogens with zero attached hydrogens (tertiary/aromatic N) is 3. The average molecular weight is 442 g/mol. The highest BCUT2D eigenvalue weighted by Crippen LogP contribution is 2.19. The Morgan fingerprint density at radius 2 is 2.13 bits per heavy atom. The first-order valence-electron chi connectivity index (χ1n) is 9.98. The predicted octanol–water partition coefficient (Wildman–Crippen LogP) is -1.60. The van der Waals surface area contributed by atoms with Gasteiger partial charge in [0.05, 0.1) is 12.9 Å². The van der Waals surface area contributed by atoms with Gasteiger partial charge in [-0.3, -0.25) is 14.8 Å². The van der Waals surface area contributed by atoms with Gasteiger partial charge in [-0.25, -0.2) is 13.4 Å². The standard InChI is InChI=1S/C18H28N6O5S/c19-18(20)21-9-4-6-14(12-25)24(23-10-5-11-23)17(27)16(13-26)22-30(28,29)15-7-2-1-3-8-15/h1-3,7-8,12,14,16,22,26H,4-6,9-11,13H2,(H4,19,20,21)/t14-,16-/m0/s1/i7D. The molecule has 0 spiro atoms. The van der Waals surface area contributed by atoms with Crippen molar-refractivity contribution in [3.05, 3.63) is 30.3 Å². The highest BCUT2D eigenvalue weighted by Gasteiger charge is 2.37. The van der Waals surface area contributed by atoms with Crippen LogP contribution in [0.5, 0.6) is 0 Å². The maximum atomic E-state index is 13.2. The van der Waals surface area contributed by atoms with Crippen LogP contribution in [0.4, 0.5) is 0 Å². The second kappa shape index (κ2) is 11.0. The number of carbonyl (C=O) groups excluding carboxylic acids is 2. The van der Waals surface area contributed by atoms with Crippen molar-refractivity contribution in [2.45, 2.75) is 36.2 Å². The molecular formula is C18H28N6O5S. The summed E-state index contributed by atoms with van der Waals surface area (Å²) in [5.74, 6) is -0.838. The molecule has 0 saturated carbocycles. The summed E-state index contributed by atoms with van der Waals surface area (Å²) in [6.07, 6.45) is 2.09. The van der Waals surface area contributed by atoms with Gasteiger partial charge in [0, 0.05) is 19.6 Å². The molecule has 1 heterocycles. The summed E-state index contributed by atoms with van der Waals surface area (Å²) in [6.45, 7) is 0.488. The lowest BCUT2D eigenvalue weighted by Crippen LogP contribution is -2.63. The molecular weight excluding hydrogens is 412 g/mol. The minimum atomic E-state index is -4.26. The van der Waals surface area contributed by atoms with E-state index in [2.05, 4.69) is 9.71 Å². The van der Waals surface area contributed by atoms with Crippen LogP contribution in [-0.2, 0) is 19.6 Å². The average Bonchev–Trinajstić information content (AvgIpc) is 2.69. The van der Waals surface area contributed by atoms with E-state index in [1.54, 1.807) is 5.01 Å². The Balaban J connectivity index is 2.20. The van der Waals surface area contributed by atoms with Gasteiger partial charge in [-0.15, -0.1) is 0 Å². The van der Waals surface area contributed by atoms with Crippen molar-refractivity contribution in [1.82, 2.24) is 14.7 Å². The maximum Gasteiger partial charge on any atom is 0.258 e. The molecule has 1 amide bonds. The summed E-state index contributed by atoms with van der Waals surface area (Å²) in [6, 6.07) is 2.86. The van der Waals surface area contributed by atoms with Crippen molar-refractivity contribution in [3.8, 4) is 0 Å². The molecule has 6 N–H and O–H groups in total. The van der Waals surface area contributed by atoms with Crippen LogP contribution in [0.1, 0.15) is 20.6 Å². The number of aliphatic hydroxyl groups is 1. The number of sulfonamides is 1. The predicted molar refractivity (Wildman–Crippen MR) is 110 cm³/mol. The number of aliphatic hydroxyl groups excluding tert-OH is 1. The Labute approximate surface area is 177 Å². The number of nitrogens with one attached hydrogen (secondary N) is 1. The Bertz CT molecular complexity index is 904. The fraction of sp³-hybridized carbons (Fsp3) is 0.500. The van der Waals surface area contributed by atoms with Gasteiger partial charge in [0.15, 0.2) is 5.96 Å². The summed E-state index contributed by atoms with van der Waals surface area (Å²) in [5.41, 5.74) is 10.6. The quantitative estimate of drug-likeness (QED) is 0.130. The van der Waals surface area contributed by atoms with Gasteiger partial charge in [-0.05, 0) is 31.4 Å². The molecule has 1 aliphatic heterocycles. The Kier molecular flexibility index (Phi) is 8.13. The number of guanidine groups is 1. The van der Waals surface area contributed by atoms with Crippen LogP contribution >= 0.6 is 0 Å². The van der Waals surface area contributed by atoms with Gasteiger partial charge >= 0.3 is 0 Å². The second-order valence-electron chi connectivity index (χ2n) is 6.73. The number of hydrogen-bond acceptors (Lipinski definition) is 7. The van der Waals surface area contributed by atoms with Crippen molar-refractivity contribution >= 4 is 28.2 Å². The molecule has 11 nitrogen and oxygen atoms in total.